The second-order valence-electron chi connectivity index (χ2n) is 5.42. The number of para-hydroxylation sites is 1. The Labute approximate surface area is 134 Å². The number of benzene rings is 2. The van der Waals surface area contributed by atoms with Gasteiger partial charge >= 0.3 is 0 Å². The van der Waals surface area contributed by atoms with Crippen LogP contribution < -0.4 is 5.32 Å². The molecular weight excluding hydrogens is 296 g/mol. The van der Waals surface area contributed by atoms with Crippen molar-refractivity contribution in [2.45, 2.75) is 13.3 Å². The molecule has 1 N–H and O–H groups in total. The van der Waals surface area contributed by atoms with E-state index in [0.717, 1.165) is 27.7 Å². The van der Waals surface area contributed by atoms with Crippen molar-refractivity contribution in [3.8, 4) is 0 Å². The van der Waals surface area contributed by atoms with Gasteiger partial charge in [0.05, 0.1) is 6.42 Å². The molecule has 3 aromatic rings. The van der Waals surface area contributed by atoms with Crippen LogP contribution in [0.25, 0.3) is 10.9 Å². The lowest BCUT2D eigenvalue weighted by Gasteiger charge is -2.09. The van der Waals surface area contributed by atoms with Gasteiger partial charge in [-0.2, -0.15) is 0 Å². The summed E-state index contributed by atoms with van der Waals surface area (Å²) in [6.07, 6.45) is 2.35. The summed E-state index contributed by atoms with van der Waals surface area (Å²) in [6, 6.07) is 13.6. The maximum atomic E-state index is 12.3. The van der Waals surface area contributed by atoms with Crippen LogP contribution in [0, 0.1) is 6.92 Å². The van der Waals surface area contributed by atoms with E-state index in [2.05, 4.69) is 11.4 Å². The highest BCUT2D eigenvalue weighted by molar-refractivity contribution is 6.31. The fraction of sp³-hybridized carbons (Fsp3) is 0.167. The number of fused-ring (bicyclic) bond motifs is 1. The lowest BCUT2D eigenvalue weighted by molar-refractivity contribution is -0.115. The second-order valence-corrected chi connectivity index (χ2v) is 5.83. The molecule has 1 amide bonds. The van der Waals surface area contributed by atoms with Crippen molar-refractivity contribution in [1.82, 2.24) is 4.57 Å². The molecule has 0 aliphatic carbocycles. The molecule has 0 saturated heterocycles. The number of amides is 1. The van der Waals surface area contributed by atoms with Crippen molar-refractivity contribution < 1.29 is 4.79 Å². The number of carbonyl (C=O) groups is 1. The van der Waals surface area contributed by atoms with Crippen LogP contribution in [0.1, 0.15) is 11.1 Å². The first-order chi connectivity index (χ1) is 10.6. The van der Waals surface area contributed by atoms with E-state index in [1.165, 1.54) is 0 Å². The number of aromatic nitrogens is 1. The predicted molar refractivity (Wildman–Crippen MR) is 91.4 cm³/mol. The van der Waals surface area contributed by atoms with Gasteiger partial charge in [0, 0.05) is 34.9 Å². The Morgan fingerprint density at radius 1 is 1.18 bits per heavy atom. The minimum Gasteiger partial charge on any atom is -0.350 e. The minimum absolute atomic E-state index is 0.0401. The molecule has 0 spiro atoms. The number of nitrogens with zero attached hydrogens (tertiary/aromatic N) is 1. The molecule has 0 bridgehead atoms. The number of hydrogen-bond donors (Lipinski definition) is 1. The van der Waals surface area contributed by atoms with Gasteiger partial charge < -0.3 is 9.88 Å². The molecule has 0 saturated carbocycles. The number of rotatable bonds is 3. The number of hydrogen-bond acceptors (Lipinski definition) is 1. The van der Waals surface area contributed by atoms with Gasteiger partial charge in [0.1, 0.15) is 0 Å². The van der Waals surface area contributed by atoms with Gasteiger partial charge in [-0.05, 0) is 36.2 Å². The van der Waals surface area contributed by atoms with Crippen LogP contribution in [-0.4, -0.2) is 10.5 Å². The summed E-state index contributed by atoms with van der Waals surface area (Å²) in [7, 11) is 1.99. The third-order valence-corrected chi connectivity index (χ3v) is 4.28. The molecule has 3 rings (SSSR count). The van der Waals surface area contributed by atoms with E-state index in [1.807, 2.05) is 61.1 Å². The largest absolute Gasteiger partial charge is 0.350 e. The molecule has 3 nitrogen and oxygen atoms in total. The van der Waals surface area contributed by atoms with E-state index < -0.39 is 0 Å². The smallest absolute Gasteiger partial charge is 0.228 e. The van der Waals surface area contributed by atoms with Gasteiger partial charge in [-0.25, -0.2) is 0 Å². The summed E-state index contributed by atoms with van der Waals surface area (Å²) >= 11 is 6.08. The Morgan fingerprint density at radius 2 is 1.95 bits per heavy atom. The van der Waals surface area contributed by atoms with Crippen LogP contribution in [0.15, 0.2) is 48.7 Å². The van der Waals surface area contributed by atoms with E-state index in [0.29, 0.717) is 11.4 Å². The number of aryl methyl sites for hydroxylation is 1. The Balaban J connectivity index is 1.83. The zero-order chi connectivity index (χ0) is 15.7. The van der Waals surface area contributed by atoms with Crippen molar-refractivity contribution in [2.75, 3.05) is 5.32 Å². The lowest BCUT2D eigenvalue weighted by Crippen LogP contribution is -2.15. The Kier molecular flexibility index (Phi) is 3.90. The summed E-state index contributed by atoms with van der Waals surface area (Å²) < 4.78 is 2.04. The summed E-state index contributed by atoms with van der Waals surface area (Å²) in [5.41, 5.74) is 3.80. The van der Waals surface area contributed by atoms with E-state index >= 15 is 0 Å². The van der Waals surface area contributed by atoms with Gasteiger partial charge in [0.2, 0.25) is 5.91 Å². The Bertz CT molecular complexity index is 851. The molecule has 1 heterocycles. The molecule has 0 fully saturated rings. The number of anilines is 1. The first kappa shape index (κ1) is 14.7. The SMILES string of the molecule is Cc1c(Cl)cccc1NC(=O)Cc1cn(C)c2ccccc12. The quantitative estimate of drug-likeness (QED) is 0.767. The standard InChI is InChI=1S/C18H17ClN2O/c1-12-15(19)7-5-8-16(12)20-18(22)10-13-11-21(2)17-9-4-3-6-14(13)17/h3-9,11H,10H2,1-2H3,(H,20,22). The van der Waals surface area contributed by atoms with Crippen molar-refractivity contribution >= 4 is 34.1 Å². The van der Waals surface area contributed by atoms with Gasteiger partial charge in [-0.3, -0.25) is 4.79 Å². The highest BCUT2D eigenvalue weighted by Crippen LogP contribution is 2.24. The van der Waals surface area contributed by atoms with E-state index in [-0.39, 0.29) is 5.91 Å². The van der Waals surface area contributed by atoms with E-state index in [4.69, 9.17) is 11.6 Å². The molecule has 22 heavy (non-hydrogen) atoms. The predicted octanol–water partition coefficient (Wildman–Crippen LogP) is 4.32. The average molecular weight is 313 g/mol. The highest BCUT2D eigenvalue weighted by atomic mass is 35.5. The van der Waals surface area contributed by atoms with Gasteiger partial charge in [0.15, 0.2) is 0 Å². The van der Waals surface area contributed by atoms with Crippen molar-refractivity contribution in [3.05, 3.63) is 64.8 Å². The molecule has 2 aromatic carbocycles. The Morgan fingerprint density at radius 3 is 2.77 bits per heavy atom. The normalized spacial score (nSPS) is 10.9. The average Bonchev–Trinajstić information content (AvgIpc) is 2.81. The van der Waals surface area contributed by atoms with Crippen molar-refractivity contribution in [1.29, 1.82) is 0 Å². The molecular formula is C18H17ClN2O. The Hall–Kier alpha value is -2.26. The van der Waals surface area contributed by atoms with Crippen LogP contribution in [0.5, 0.6) is 0 Å². The van der Waals surface area contributed by atoms with Gasteiger partial charge in [-0.15, -0.1) is 0 Å². The van der Waals surface area contributed by atoms with Crippen LogP contribution in [0.4, 0.5) is 5.69 Å². The lowest BCUT2D eigenvalue weighted by atomic mass is 10.1. The van der Waals surface area contributed by atoms with Gasteiger partial charge in [-0.1, -0.05) is 35.9 Å². The maximum absolute atomic E-state index is 12.3. The van der Waals surface area contributed by atoms with Crippen molar-refractivity contribution in [2.24, 2.45) is 7.05 Å². The van der Waals surface area contributed by atoms with Crippen LogP contribution in [0.3, 0.4) is 0 Å². The number of halogens is 1. The van der Waals surface area contributed by atoms with Gasteiger partial charge in [0.25, 0.3) is 0 Å². The molecule has 112 valence electrons. The topological polar surface area (TPSA) is 34.0 Å². The summed E-state index contributed by atoms with van der Waals surface area (Å²) in [5, 5.41) is 4.71. The third-order valence-electron chi connectivity index (χ3n) is 3.87. The van der Waals surface area contributed by atoms with Crippen LogP contribution in [-0.2, 0) is 18.3 Å². The minimum atomic E-state index is -0.0401. The molecule has 1 aromatic heterocycles. The summed E-state index contributed by atoms with van der Waals surface area (Å²) in [4.78, 5) is 12.3. The second kappa shape index (κ2) is 5.85. The maximum Gasteiger partial charge on any atom is 0.228 e. The first-order valence-electron chi connectivity index (χ1n) is 7.14. The third kappa shape index (κ3) is 2.72. The molecule has 0 unspecified atom stereocenters. The molecule has 0 aliphatic rings. The molecule has 0 atom stereocenters. The highest BCUT2D eigenvalue weighted by Gasteiger charge is 2.12. The van der Waals surface area contributed by atoms with Crippen LogP contribution >= 0.6 is 11.6 Å². The fourth-order valence-corrected chi connectivity index (χ4v) is 2.85. The summed E-state index contributed by atoms with van der Waals surface area (Å²) in [5.74, 6) is -0.0401. The van der Waals surface area contributed by atoms with Crippen molar-refractivity contribution in [3.63, 3.8) is 0 Å². The van der Waals surface area contributed by atoms with Crippen LogP contribution in [0.2, 0.25) is 5.02 Å². The number of nitrogens with one attached hydrogen (secondary N) is 1. The number of carbonyl (C=O) groups excluding carboxylic acids is 1. The zero-order valence-electron chi connectivity index (χ0n) is 12.6. The van der Waals surface area contributed by atoms with E-state index in [9.17, 15) is 4.79 Å². The summed E-state index contributed by atoms with van der Waals surface area (Å²) in [6.45, 7) is 1.90. The van der Waals surface area contributed by atoms with E-state index in [1.54, 1.807) is 0 Å². The molecule has 0 radical (unpaired) electrons. The fourth-order valence-electron chi connectivity index (χ4n) is 2.68. The molecule has 4 heteroatoms. The zero-order valence-corrected chi connectivity index (χ0v) is 13.3. The monoisotopic (exact) mass is 312 g/mol. The molecule has 0 aliphatic heterocycles. The first-order valence-corrected chi connectivity index (χ1v) is 7.52.